The zero-order chi connectivity index (χ0) is 13.8. The van der Waals surface area contributed by atoms with Gasteiger partial charge in [0, 0.05) is 11.8 Å². The maximum absolute atomic E-state index is 5.97. The summed E-state index contributed by atoms with van der Waals surface area (Å²) in [6.07, 6.45) is 5.21. The maximum Gasteiger partial charge on any atom is 0.131 e. The number of benzene rings is 2. The van der Waals surface area contributed by atoms with Crippen LogP contribution in [0.3, 0.4) is 0 Å². The fourth-order valence-corrected chi connectivity index (χ4v) is 2.48. The molecular weight excluding hydrogens is 250 g/mol. The molecule has 3 rings (SSSR count). The van der Waals surface area contributed by atoms with Gasteiger partial charge in [0.25, 0.3) is 0 Å². The molecule has 0 amide bonds. The number of rotatable bonds is 4. The molecule has 0 unspecified atom stereocenters. The molecule has 2 N–H and O–H groups in total. The molecule has 0 radical (unpaired) electrons. The maximum atomic E-state index is 5.97. The highest BCUT2D eigenvalue weighted by molar-refractivity contribution is 5.43. The zero-order valence-electron chi connectivity index (χ0n) is 11.4. The zero-order valence-corrected chi connectivity index (χ0v) is 11.4. The van der Waals surface area contributed by atoms with Crippen LogP contribution in [0.5, 0.6) is 17.2 Å². The smallest absolute Gasteiger partial charge is 0.131 e. The Morgan fingerprint density at radius 3 is 2.30 bits per heavy atom. The van der Waals surface area contributed by atoms with Crippen molar-refractivity contribution >= 4 is 5.69 Å². The Hall–Kier alpha value is -2.16. The van der Waals surface area contributed by atoms with Crippen LogP contribution >= 0.6 is 0 Å². The van der Waals surface area contributed by atoms with Gasteiger partial charge in [-0.15, -0.1) is 0 Å². The van der Waals surface area contributed by atoms with Crippen LogP contribution in [0.15, 0.2) is 48.5 Å². The average molecular weight is 269 g/mol. The molecule has 2 aromatic rings. The summed E-state index contributed by atoms with van der Waals surface area (Å²) >= 11 is 0. The fraction of sp³-hybridized carbons (Fsp3) is 0.294. The summed E-state index contributed by atoms with van der Waals surface area (Å²) in [5, 5.41) is 0. The molecule has 0 aromatic heterocycles. The van der Waals surface area contributed by atoms with Gasteiger partial charge in [0.15, 0.2) is 0 Å². The van der Waals surface area contributed by atoms with Crippen molar-refractivity contribution in [3.8, 4) is 17.2 Å². The fourth-order valence-electron chi connectivity index (χ4n) is 2.48. The molecule has 0 aliphatic heterocycles. The summed E-state index contributed by atoms with van der Waals surface area (Å²) in [4.78, 5) is 0. The van der Waals surface area contributed by atoms with E-state index in [2.05, 4.69) is 0 Å². The van der Waals surface area contributed by atoms with Crippen molar-refractivity contribution in [1.82, 2.24) is 0 Å². The van der Waals surface area contributed by atoms with Crippen LogP contribution in [-0.4, -0.2) is 6.10 Å². The summed E-state index contributed by atoms with van der Waals surface area (Å²) in [5.41, 5.74) is 6.39. The molecule has 0 heterocycles. The number of nitrogens with two attached hydrogens (primary N) is 1. The van der Waals surface area contributed by atoms with Crippen LogP contribution in [0.25, 0.3) is 0 Å². The van der Waals surface area contributed by atoms with E-state index in [-0.39, 0.29) is 0 Å². The number of nitrogen functional groups attached to an aromatic ring is 1. The second-order valence-corrected chi connectivity index (χ2v) is 5.17. The summed E-state index contributed by atoms with van der Waals surface area (Å²) in [5.74, 6) is 2.44. The number of hydrogen-bond acceptors (Lipinski definition) is 3. The molecule has 1 aliphatic rings. The van der Waals surface area contributed by atoms with E-state index in [9.17, 15) is 0 Å². The van der Waals surface area contributed by atoms with E-state index in [0.717, 1.165) is 35.8 Å². The van der Waals surface area contributed by atoms with Crippen molar-refractivity contribution in [3.05, 3.63) is 48.5 Å². The van der Waals surface area contributed by atoms with E-state index in [0.29, 0.717) is 6.10 Å². The van der Waals surface area contributed by atoms with E-state index in [1.54, 1.807) is 0 Å². The van der Waals surface area contributed by atoms with Gasteiger partial charge in [-0.3, -0.25) is 0 Å². The van der Waals surface area contributed by atoms with Gasteiger partial charge in [0.2, 0.25) is 0 Å². The van der Waals surface area contributed by atoms with Crippen molar-refractivity contribution < 1.29 is 9.47 Å². The van der Waals surface area contributed by atoms with Crippen molar-refractivity contribution in [3.63, 3.8) is 0 Å². The molecule has 3 nitrogen and oxygen atoms in total. The third kappa shape index (κ3) is 3.23. The Morgan fingerprint density at radius 2 is 1.55 bits per heavy atom. The molecule has 1 aliphatic carbocycles. The van der Waals surface area contributed by atoms with Crippen molar-refractivity contribution in [2.24, 2.45) is 0 Å². The minimum Gasteiger partial charge on any atom is -0.490 e. The van der Waals surface area contributed by atoms with Crippen LogP contribution in [0.2, 0.25) is 0 Å². The third-order valence-electron chi connectivity index (χ3n) is 3.53. The molecule has 1 fully saturated rings. The number of ether oxygens (including phenoxy) is 2. The van der Waals surface area contributed by atoms with E-state index in [1.807, 2.05) is 48.5 Å². The molecule has 104 valence electrons. The average Bonchev–Trinajstić information content (AvgIpc) is 2.95. The first-order valence-corrected chi connectivity index (χ1v) is 7.10. The van der Waals surface area contributed by atoms with E-state index < -0.39 is 0 Å². The first-order chi connectivity index (χ1) is 9.79. The van der Waals surface area contributed by atoms with Crippen molar-refractivity contribution in [2.75, 3.05) is 5.73 Å². The van der Waals surface area contributed by atoms with E-state index >= 15 is 0 Å². The summed E-state index contributed by atoms with van der Waals surface area (Å²) in [7, 11) is 0. The molecule has 1 saturated carbocycles. The Morgan fingerprint density at radius 1 is 0.850 bits per heavy atom. The van der Waals surface area contributed by atoms with Crippen LogP contribution in [0.1, 0.15) is 25.7 Å². The van der Waals surface area contributed by atoms with Gasteiger partial charge in [0.1, 0.15) is 17.2 Å². The standard InChI is InChI=1S/C17H19NO2/c18-13-8-10-15(11-9-13)20-17-7-3-6-16(12-17)19-14-4-1-2-5-14/h3,6-12,14H,1-2,4-5,18H2. The molecule has 20 heavy (non-hydrogen) atoms. The lowest BCUT2D eigenvalue weighted by Gasteiger charge is -2.14. The SMILES string of the molecule is Nc1ccc(Oc2cccc(OC3CCCC3)c2)cc1. The van der Waals surface area contributed by atoms with Crippen molar-refractivity contribution in [2.45, 2.75) is 31.8 Å². The van der Waals surface area contributed by atoms with E-state index in [4.69, 9.17) is 15.2 Å². The molecule has 0 bridgehead atoms. The highest BCUT2D eigenvalue weighted by Crippen LogP contribution is 2.29. The second-order valence-electron chi connectivity index (χ2n) is 5.17. The largest absolute Gasteiger partial charge is 0.490 e. The summed E-state index contributed by atoms with van der Waals surface area (Å²) in [6, 6.07) is 15.2. The lowest BCUT2D eigenvalue weighted by atomic mass is 10.3. The molecule has 2 aromatic carbocycles. The van der Waals surface area contributed by atoms with Crippen LogP contribution in [0, 0.1) is 0 Å². The lowest BCUT2D eigenvalue weighted by molar-refractivity contribution is 0.209. The molecule has 0 saturated heterocycles. The molecule has 0 spiro atoms. The van der Waals surface area contributed by atoms with Crippen LogP contribution in [-0.2, 0) is 0 Å². The Kier molecular flexibility index (Phi) is 3.77. The lowest BCUT2D eigenvalue weighted by Crippen LogP contribution is -2.10. The van der Waals surface area contributed by atoms with Gasteiger partial charge >= 0.3 is 0 Å². The Balaban J connectivity index is 1.68. The summed E-state index contributed by atoms with van der Waals surface area (Å²) in [6.45, 7) is 0. The molecule has 3 heteroatoms. The van der Waals surface area contributed by atoms with Gasteiger partial charge in [-0.1, -0.05) is 6.07 Å². The topological polar surface area (TPSA) is 44.5 Å². The van der Waals surface area contributed by atoms with Crippen LogP contribution < -0.4 is 15.2 Å². The minimum atomic E-state index is 0.363. The number of anilines is 1. The van der Waals surface area contributed by atoms with Gasteiger partial charge in [-0.05, 0) is 62.1 Å². The van der Waals surface area contributed by atoms with Crippen molar-refractivity contribution in [1.29, 1.82) is 0 Å². The predicted octanol–water partition coefficient (Wildman–Crippen LogP) is 4.38. The quantitative estimate of drug-likeness (QED) is 0.837. The highest BCUT2D eigenvalue weighted by Gasteiger charge is 2.16. The van der Waals surface area contributed by atoms with Gasteiger partial charge in [-0.2, -0.15) is 0 Å². The second kappa shape index (κ2) is 5.87. The normalized spacial score (nSPS) is 15.2. The van der Waals surface area contributed by atoms with Gasteiger partial charge < -0.3 is 15.2 Å². The van der Waals surface area contributed by atoms with Gasteiger partial charge in [-0.25, -0.2) is 0 Å². The van der Waals surface area contributed by atoms with Gasteiger partial charge in [0.05, 0.1) is 6.10 Å². The molecule has 0 atom stereocenters. The molecular formula is C17H19NO2. The third-order valence-corrected chi connectivity index (χ3v) is 3.53. The monoisotopic (exact) mass is 269 g/mol. The minimum absolute atomic E-state index is 0.363. The van der Waals surface area contributed by atoms with E-state index in [1.165, 1.54) is 12.8 Å². The van der Waals surface area contributed by atoms with Crippen LogP contribution in [0.4, 0.5) is 5.69 Å². The predicted molar refractivity (Wildman–Crippen MR) is 80.3 cm³/mol. The number of hydrogen-bond donors (Lipinski definition) is 1. The first-order valence-electron chi connectivity index (χ1n) is 7.10. The first kappa shape index (κ1) is 12.9. The Labute approximate surface area is 119 Å². The Bertz CT molecular complexity index is 559. The highest BCUT2D eigenvalue weighted by atomic mass is 16.5. The summed E-state index contributed by atoms with van der Waals surface area (Å²) < 4.78 is 11.8.